The third-order valence-electron chi connectivity index (χ3n) is 4.24. The van der Waals surface area contributed by atoms with Crippen LogP contribution >= 0.6 is 0 Å². The van der Waals surface area contributed by atoms with E-state index < -0.39 is 15.6 Å². The molecule has 0 spiro atoms. The van der Waals surface area contributed by atoms with Crippen molar-refractivity contribution < 1.29 is 8.42 Å². The van der Waals surface area contributed by atoms with E-state index in [1.807, 2.05) is 19.9 Å². The van der Waals surface area contributed by atoms with Crippen molar-refractivity contribution in [2.45, 2.75) is 30.7 Å². The van der Waals surface area contributed by atoms with Crippen molar-refractivity contribution in [1.29, 1.82) is 0 Å². The number of nitrogens with two attached hydrogens (primary N) is 1. The summed E-state index contributed by atoms with van der Waals surface area (Å²) in [7, 11) is -2.03. The van der Waals surface area contributed by atoms with Crippen LogP contribution in [-0.2, 0) is 10.0 Å². The zero-order valence-electron chi connectivity index (χ0n) is 12.6. The smallest absolute Gasteiger partial charge is 0.243 e. The molecule has 1 aromatic heterocycles. The number of aromatic nitrogens is 1. The molecule has 0 saturated heterocycles. The maximum absolute atomic E-state index is 13.0. The van der Waals surface area contributed by atoms with Crippen LogP contribution in [0, 0.1) is 0 Å². The van der Waals surface area contributed by atoms with E-state index in [0.29, 0.717) is 11.8 Å². The Morgan fingerprint density at radius 1 is 1.33 bits per heavy atom. The van der Waals surface area contributed by atoms with Crippen molar-refractivity contribution in [3.05, 3.63) is 36.7 Å². The van der Waals surface area contributed by atoms with Gasteiger partial charge in [0.1, 0.15) is 0 Å². The molecule has 0 radical (unpaired) electrons. The van der Waals surface area contributed by atoms with Gasteiger partial charge in [0.2, 0.25) is 10.0 Å². The molecule has 2 rings (SSSR count). The first-order valence-electron chi connectivity index (χ1n) is 6.88. The number of rotatable bonds is 5. The van der Waals surface area contributed by atoms with E-state index in [-0.39, 0.29) is 11.4 Å². The maximum Gasteiger partial charge on any atom is 0.243 e. The summed E-state index contributed by atoms with van der Waals surface area (Å²) in [6.45, 7) is 4.06. The molecule has 114 valence electrons. The Morgan fingerprint density at radius 2 is 2.05 bits per heavy atom. The molecule has 5 nitrogen and oxygen atoms in total. The van der Waals surface area contributed by atoms with Crippen LogP contribution < -0.4 is 5.73 Å². The third kappa shape index (κ3) is 2.66. The molecule has 0 saturated carbocycles. The monoisotopic (exact) mass is 307 g/mol. The highest BCUT2D eigenvalue weighted by atomic mass is 32.2. The zero-order chi connectivity index (χ0) is 15.7. The van der Waals surface area contributed by atoms with Crippen molar-refractivity contribution in [2.24, 2.45) is 5.73 Å². The number of fused-ring (bicyclic) bond motifs is 1. The van der Waals surface area contributed by atoms with Crippen molar-refractivity contribution in [2.75, 3.05) is 13.6 Å². The molecule has 1 aromatic carbocycles. The third-order valence-corrected chi connectivity index (χ3v) is 6.31. The Balaban J connectivity index is 2.62. The number of nitrogens with zero attached hydrogens (tertiary/aromatic N) is 2. The summed E-state index contributed by atoms with van der Waals surface area (Å²) in [5, 5.41) is 1.48. The minimum Gasteiger partial charge on any atom is -0.329 e. The Labute approximate surface area is 125 Å². The normalized spacial score (nSPS) is 15.3. The van der Waals surface area contributed by atoms with Crippen LogP contribution in [0.5, 0.6) is 0 Å². The predicted octanol–water partition coefficient (Wildman–Crippen LogP) is 1.98. The highest BCUT2D eigenvalue weighted by Gasteiger charge is 2.36. The standard InChI is InChI=1S/C15H21N3O2S/c1-4-15(2,11-16)18(3)21(19,20)14-7-5-6-12-10-17-9-8-13(12)14/h5-10H,4,11,16H2,1-3H3. The lowest BCUT2D eigenvalue weighted by Gasteiger charge is -2.36. The van der Waals surface area contributed by atoms with Crippen LogP contribution in [0.1, 0.15) is 20.3 Å². The van der Waals surface area contributed by atoms with Crippen molar-refractivity contribution in [3.63, 3.8) is 0 Å². The molecule has 1 heterocycles. The fraction of sp³-hybridized carbons (Fsp3) is 0.400. The Hall–Kier alpha value is -1.50. The van der Waals surface area contributed by atoms with Crippen LogP contribution in [-0.4, -0.2) is 36.8 Å². The number of pyridine rings is 1. The summed E-state index contributed by atoms with van der Waals surface area (Å²) in [4.78, 5) is 4.32. The minimum absolute atomic E-state index is 0.269. The van der Waals surface area contributed by atoms with Crippen molar-refractivity contribution in [1.82, 2.24) is 9.29 Å². The van der Waals surface area contributed by atoms with Gasteiger partial charge < -0.3 is 5.73 Å². The van der Waals surface area contributed by atoms with Gasteiger partial charge in [-0.3, -0.25) is 4.98 Å². The van der Waals surface area contributed by atoms with Gasteiger partial charge in [0.05, 0.1) is 4.90 Å². The number of likely N-dealkylation sites (N-methyl/N-ethyl adjacent to an activating group) is 1. The van der Waals surface area contributed by atoms with Gasteiger partial charge in [0, 0.05) is 42.3 Å². The molecule has 1 unspecified atom stereocenters. The summed E-state index contributed by atoms with van der Waals surface area (Å²) in [6, 6.07) is 6.93. The summed E-state index contributed by atoms with van der Waals surface area (Å²) in [6.07, 6.45) is 3.91. The van der Waals surface area contributed by atoms with Crippen LogP contribution in [0.2, 0.25) is 0 Å². The highest BCUT2D eigenvalue weighted by molar-refractivity contribution is 7.89. The first kappa shape index (κ1) is 15.9. The number of sulfonamides is 1. The lowest BCUT2D eigenvalue weighted by Crippen LogP contribution is -2.51. The summed E-state index contributed by atoms with van der Waals surface area (Å²) in [5.74, 6) is 0. The molecule has 1 atom stereocenters. The van der Waals surface area contributed by atoms with E-state index in [2.05, 4.69) is 4.98 Å². The second-order valence-corrected chi connectivity index (χ2v) is 7.32. The van der Waals surface area contributed by atoms with Gasteiger partial charge in [-0.2, -0.15) is 4.31 Å². The van der Waals surface area contributed by atoms with Crippen LogP contribution in [0.4, 0.5) is 0 Å². The molecule has 0 aliphatic rings. The average Bonchev–Trinajstić information content (AvgIpc) is 2.52. The van der Waals surface area contributed by atoms with Crippen LogP contribution in [0.15, 0.2) is 41.6 Å². The Bertz CT molecular complexity index is 734. The number of hydrogen-bond acceptors (Lipinski definition) is 4. The topological polar surface area (TPSA) is 76.3 Å². The predicted molar refractivity (Wildman–Crippen MR) is 84.4 cm³/mol. The van der Waals surface area contributed by atoms with E-state index in [4.69, 9.17) is 5.73 Å². The molecular weight excluding hydrogens is 286 g/mol. The second-order valence-electron chi connectivity index (χ2n) is 5.38. The van der Waals surface area contributed by atoms with E-state index in [9.17, 15) is 8.42 Å². The molecule has 0 fully saturated rings. The van der Waals surface area contributed by atoms with Gasteiger partial charge >= 0.3 is 0 Å². The largest absolute Gasteiger partial charge is 0.329 e. The van der Waals surface area contributed by atoms with Crippen LogP contribution in [0.3, 0.4) is 0 Å². The van der Waals surface area contributed by atoms with Gasteiger partial charge in [0.25, 0.3) is 0 Å². The second kappa shape index (κ2) is 5.71. The zero-order valence-corrected chi connectivity index (χ0v) is 13.4. The van der Waals surface area contributed by atoms with Crippen molar-refractivity contribution in [3.8, 4) is 0 Å². The van der Waals surface area contributed by atoms with Gasteiger partial charge in [-0.15, -0.1) is 0 Å². The molecule has 0 bridgehead atoms. The highest BCUT2D eigenvalue weighted by Crippen LogP contribution is 2.29. The molecule has 0 aliphatic carbocycles. The maximum atomic E-state index is 13.0. The molecule has 2 aromatic rings. The Morgan fingerprint density at radius 3 is 2.67 bits per heavy atom. The number of benzene rings is 1. The average molecular weight is 307 g/mol. The minimum atomic E-state index is -3.62. The lowest BCUT2D eigenvalue weighted by atomic mass is 10.00. The summed E-state index contributed by atoms with van der Waals surface area (Å²) < 4.78 is 27.3. The van der Waals surface area contributed by atoms with Gasteiger partial charge in [-0.05, 0) is 25.5 Å². The van der Waals surface area contributed by atoms with E-state index >= 15 is 0 Å². The van der Waals surface area contributed by atoms with E-state index in [1.165, 1.54) is 4.31 Å². The summed E-state index contributed by atoms with van der Waals surface area (Å²) in [5.41, 5.74) is 5.19. The molecular formula is C15H21N3O2S. The SMILES string of the molecule is CCC(C)(CN)N(C)S(=O)(=O)c1cccc2cnccc12. The fourth-order valence-corrected chi connectivity index (χ4v) is 4.04. The fourth-order valence-electron chi connectivity index (χ4n) is 2.25. The van der Waals surface area contributed by atoms with E-state index in [0.717, 1.165) is 5.39 Å². The van der Waals surface area contributed by atoms with Crippen LogP contribution in [0.25, 0.3) is 10.8 Å². The van der Waals surface area contributed by atoms with Gasteiger partial charge in [0.15, 0.2) is 0 Å². The molecule has 21 heavy (non-hydrogen) atoms. The summed E-state index contributed by atoms with van der Waals surface area (Å²) >= 11 is 0. The molecule has 2 N–H and O–H groups in total. The van der Waals surface area contributed by atoms with Gasteiger partial charge in [-0.1, -0.05) is 19.1 Å². The van der Waals surface area contributed by atoms with Crippen molar-refractivity contribution >= 4 is 20.8 Å². The number of hydrogen-bond donors (Lipinski definition) is 1. The molecule has 0 amide bonds. The first-order valence-corrected chi connectivity index (χ1v) is 8.32. The first-order chi connectivity index (χ1) is 9.86. The molecule has 0 aliphatic heterocycles. The van der Waals surface area contributed by atoms with Gasteiger partial charge in [-0.25, -0.2) is 8.42 Å². The molecule has 6 heteroatoms. The Kier molecular flexibility index (Phi) is 4.32. The quantitative estimate of drug-likeness (QED) is 0.916. The lowest BCUT2D eigenvalue weighted by molar-refractivity contribution is 0.240. The van der Waals surface area contributed by atoms with E-state index in [1.54, 1.807) is 37.6 Å².